The monoisotopic (exact) mass is 484 g/mol. The highest BCUT2D eigenvalue weighted by molar-refractivity contribution is 6.01. The predicted molar refractivity (Wildman–Crippen MR) is 135 cm³/mol. The maximum Gasteiger partial charge on any atom is 0.329 e. The first-order chi connectivity index (χ1) is 17.5. The van der Waals surface area contributed by atoms with Gasteiger partial charge in [0.05, 0.1) is 28.7 Å². The number of aromatic nitrogens is 4. The summed E-state index contributed by atoms with van der Waals surface area (Å²) in [5.74, 6) is -0.0741. The number of ether oxygens (including phenoxy) is 1. The lowest BCUT2D eigenvalue weighted by molar-refractivity contribution is -0.136. The topological polar surface area (TPSA) is 123 Å². The molecule has 1 fully saturated rings. The molecular weight excluding hydrogens is 460 g/mol. The third-order valence-corrected chi connectivity index (χ3v) is 6.99. The molecule has 10 nitrogen and oxygen atoms in total. The van der Waals surface area contributed by atoms with E-state index in [1.165, 1.54) is 18.9 Å². The Balaban J connectivity index is 1.48. The number of fused-ring (bicyclic) bond motifs is 4. The summed E-state index contributed by atoms with van der Waals surface area (Å²) in [6.07, 6.45) is 4.50. The Morgan fingerprint density at radius 1 is 1.17 bits per heavy atom. The van der Waals surface area contributed by atoms with Gasteiger partial charge in [-0.3, -0.25) is 29.1 Å². The SMILES string of the molecule is COCC(=O)N1CCC(n2c(=O)[nH]c(=O)c3cnc4ccc(-c5ccc6c(c5)C=NC6)nc4c32)CC1. The number of rotatable bonds is 4. The molecule has 1 saturated heterocycles. The lowest BCUT2D eigenvalue weighted by atomic mass is 10.0. The third kappa shape index (κ3) is 3.70. The quantitative estimate of drug-likeness (QED) is 0.443. The lowest BCUT2D eigenvalue weighted by Gasteiger charge is -2.33. The Morgan fingerprint density at radius 2 is 2.00 bits per heavy atom. The van der Waals surface area contributed by atoms with Crippen LogP contribution in [0, 0.1) is 0 Å². The number of benzene rings is 1. The number of aliphatic imine (C=N–C) groups is 1. The van der Waals surface area contributed by atoms with Gasteiger partial charge in [-0.1, -0.05) is 12.1 Å². The van der Waals surface area contributed by atoms with Crippen molar-refractivity contribution in [2.45, 2.75) is 25.4 Å². The second kappa shape index (κ2) is 8.80. The first-order valence-corrected chi connectivity index (χ1v) is 11.9. The summed E-state index contributed by atoms with van der Waals surface area (Å²) < 4.78 is 6.60. The number of nitrogens with one attached hydrogen (secondary N) is 1. The molecule has 10 heteroatoms. The normalized spacial score (nSPS) is 15.6. The smallest absolute Gasteiger partial charge is 0.329 e. The largest absolute Gasteiger partial charge is 0.375 e. The summed E-state index contributed by atoms with van der Waals surface area (Å²) in [7, 11) is 1.49. The molecule has 0 radical (unpaired) electrons. The molecule has 36 heavy (non-hydrogen) atoms. The van der Waals surface area contributed by atoms with E-state index < -0.39 is 11.2 Å². The van der Waals surface area contributed by atoms with E-state index in [2.05, 4.69) is 15.0 Å². The highest BCUT2D eigenvalue weighted by Gasteiger charge is 2.27. The van der Waals surface area contributed by atoms with Crippen molar-refractivity contribution >= 4 is 34.1 Å². The van der Waals surface area contributed by atoms with Crippen LogP contribution < -0.4 is 11.2 Å². The van der Waals surface area contributed by atoms with Crippen molar-refractivity contribution in [2.24, 2.45) is 4.99 Å². The number of carbonyl (C=O) groups excluding carboxylic acids is 1. The number of hydrogen-bond acceptors (Lipinski definition) is 7. The molecule has 0 saturated carbocycles. The van der Waals surface area contributed by atoms with Crippen LogP contribution in [0.3, 0.4) is 0 Å². The highest BCUT2D eigenvalue weighted by atomic mass is 16.5. The zero-order valence-corrected chi connectivity index (χ0v) is 19.7. The Labute approximate surface area is 205 Å². The average molecular weight is 485 g/mol. The fraction of sp³-hybridized carbons (Fsp3) is 0.308. The zero-order chi connectivity index (χ0) is 24.8. The van der Waals surface area contributed by atoms with Crippen LogP contribution in [0.1, 0.15) is 30.0 Å². The van der Waals surface area contributed by atoms with E-state index >= 15 is 0 Å². The minimum Gasteiger partial charge on any atom is -0.375 e. The van der Waals surface area contributed by atoms with Crippen LogP contribution in [0.15, 0.2) is 51.1 Å². The number of H-pyrrole nitrogens is 1. The summed E-state index contributed by atoms with van der Waals surface area (Å²) in [4.78, 5) is 56.0. The van der Waals surface area contributed by atoms with Crippen LogP contribution in [0.4, 0.5) is 0 Å². The van der Waals surface area contributed by atoms with Crippen molar-refractivity contribution in [3.63, 3.8) is 0 Å². The second-order valence-corrected chi connectivity index (χ2v) is 9.14. The fourth-order valence-electron chi connectivity index (χ4n) is 5.15. The van der Waals surface area contributed by atoms with E-state index in [-0.39, 0.29) is 18.6 Å². The van der Waals surface area contributed by atoms with Crippen molar-refractivity contribution in [1.29, 1.82) is 0 Å². The Bertz CT molecular complexity index is 1660. The van der Waals surface area contributed by atoms with Crippen molar-refractivity contribution in [3.05, 3.63) is 68.5 Å². The minimum atomic E-state index is -0.491. The second-order valence-electron chi connectivity index (χ2n) is 9.14. The van der Waals surface area contributed by atoms with Crippen LogP contribution in [0.25, 0.3) is 33.2 Å². The van der Waals surface area contributed by atoms with Gasteiger partial charge in [-0.25, -0.2) is 9.78 Å². The van der Waals surface area contributed by atoms with Gasteiger partial charge in [-0.15, -0.1) is 0 Å². The molecule has 0 bridgehead atoms. The number of hydrogen-bond donors (Lipinski definition) is 1. The molecule has 0 aliphatic carbocycles. The number of pyridine rings is 2. The molecule has 2 aliphatic rings. The van der Waals surface area contributed by atoms with Crippen LogP contribution in [-0.2, 0) is 16.1 Å². The maximum absolute atomic E-state index is 13.1. The number of likely N-dealkylation sites (tertiary alicyclic amines) is 1. The lowest BCUT2D eigenvalue weighted by Crippen LogP contribution is -2.43. The number of aromatic amines is 1. The molecule has 1 amide bonds. The summed E-state index contributed by atoms with van der Waals surface area (Å²) in [6.45, 7) is 1.71. The molecule has 0 unspecified atom stereocenters. The standard InChI is InChI=1S/C26H24N6O4/c1-36-14-22(33)31-8-6-18(7-9-31)32-24-19(25(34)30-26(32)35)13-28-21-5-4-20(29-23(21)24)15-2-3-16-11-27-12-17(16)10-15/h2-5,10,12-13,18H,6-9,11,14H2,1H3,(H,30,34,35). The summed E-state index contributed by atoms with van der Waals surface area (Å²) >= 11 is 0. The molecule has 1 N–H and O–H groups in total. The summed E-state index contributed by atoms with van der Waals surface area (Å²) in [5, 5.41) is 0.311. The minimum absolute atomic E-state index is 0.0315. The van der Waals surface area contributed by atoms with Crippen LogP contribution in [0.2, 0.25) is 0 Å². The predicted octanol–water partition coefficient (Wildman–Crippen LogP) is 2.04. The molecule has 2 aliphatic heterocycles. The highest BCUT2D eigenvalue weighted by Crippen LogP contribution is 2.29. The van der Waals surface area contributed by atoms with Gasteiger partial charge < -0.3 is 9.64 Å². The van der Waals surface area contributed by atoms with E-state index in [0.717, 1.165) is 16.8 Å². The molecule has 1 aromatic carbocycles. The Morgan fingerprint density at radius 3 is 2.81 bits per heavy atom. The van der Waals surface area contributed by atoms with Crippen LogP contribution >= 0.6 is 0 Å². The van der Waals surface area contributed by atoms with Crippen LogP contribution in [-0.4, -0.2) is 63.3 Å². The molecule has 182 valence electrons. The number of carbonyl (C=O) groups is 1. The third-order valence-electron chi connectivity index (χ3n) is 6.99. The van der Waals surface area contributed by atoms with Crippen molar-refractivity contribution in [2.75, 3.05) is 26.8 Å². The first kappa shape index (κ1) is 22.3. The molecule has 5 heterocycles. The number of piperidine rings is 1. The fourth-order valence-corrected chi connectivity index (χ4v) is 5.15. The van der Waals surface area contributed by atoms with E-state index in [9.17, 15) is 14.4 Å². The summed E-state index contributed by atoms with van der Waals surface area (Å²) in [6, 6.07) is 9.66. The van der Waals surface area contributed by atoms with E-state index in [1.807, 2.05) is 36.5 Å². The maximum atomic E-state index is 13.1. The number of methoxy groups -OCH3 is 1. The molecule has 3 aromatic heterocycles. The van der Waals surface area contributed by atoms with E-state index in [0.29, 0.717) is 54.4 Å². The van der Waals surface area contributed by atoms with Gasteiger partial charge in [-0.05, 0) is 42.2 Å². The molecule has 4 aromatic rings. The molecule has 0 spiro atoms. The number of nitrogens with zero attached hydrogens (tertiary/aromatic N) is 5. The van der Waals surface area contributed by atoms with Crippen molar-refractivity contribution in [1.82, 2.24) is 24.4 Å². The van der Waals surface area contributed by atoms with E-state index in [4.69, 9.17) is 9.72 Å². The molecule has 0 atom stereocenters. The van der Waals surface area contributed by atoms with Gasteiger partial charge >= 0.3 is 5.69 Å². The van der Waals surface area contributed by atoms with Gasteiger partial charge in [0.25, 0.3) is 5.56 Å². The molecule has 6 rings (SSSR count). The van der Waals surface area contributed by atoms with Crippen molar-refractivity contribution in [3.8, 4) is 11.3 Å². The van der Waals surface area contributed by atoms with Crippen LogP contribution in [0.5, 0.6) is 0 Å². The number of amides is 1. The first-order valence-electron chi connectivity index (χ1n) is 11.9. The van der Waals surface area contributed by atoms with Gasteiger partial charge in [0.15, 0.2) is 0 Å². The Kier molecular flexibility index (Phi) is 5.45. The van der Waals surface area contributed by atoms with Gasteiger partial charge in [0, 0.05) is 44.2 Å². The zero-order valence-electron chi connectivity index (χ0n) is 19.7. The van der Waals surface area contributed by atoms with Gasteiger partial charge in [0.1, 0.15) is 12.1 Å². The molecular formula is C26H24N6O4. The van der Waals surface area contributed by atoms with Crippen molar-refractivity contribution < 1.29 is 9.53 Å². The average Bonchev–Trinajstić information content (AvgIpc) is 3.37. The van der Waals surface area contributed by atoms with Gasteiger partial charge in [0.2, 0.25) is 5.91 Å². The van der Waals surface area contributed by atoms with E-state index in [1.54, 1.807) is 9.47 Å². The summed E-state index contributed by atoms with van der Waals surface area (Å²) in [5.41, 5.74) is 4.47. The Hall–Kier alpha value is -4.18. The van der Waals surface area contributed by atoms with Gasteiger partial charge in [-0.2, -0.15) is 0 Å².